The van der Waals surface area contributed by atoms with Crippen LogP contribution in [0.4, 0.5) is 21.8 Å². The van der Waals surface area contributed by atoms with Crippen LogP contribution < -0.4 is 10.2 Å². The van der Waals surface area contributed by atoms with E-state index >= 15 is 0 Å². The normalized spacial score (nSPS) is 13.8. The molecule has 2 aromatic carbocycles. The molecular weight excluding hydrogens is 582 g/mol. The van der Waals surface area contributed by atoms with Crippen LogP contribution in [0.5, 0.6) is 11.5 Å². The number of nitrogens with zero attached hydrogens (tertiary/aromatic N) is 5. The number of carbonyl (C=O) groups is 1. The molecule has 4 rings (SSSR count). The Morgan fingerprint density at radius 2 is 1.97 bits per heavy atom. The molecule has 0 radical (unpaired) electrons. The first-order chi connectivity index (χ1) is 17.2. The van der Waals surface area contributed by atoms with Crippen LogP contribution in [0.3, 0.4) is 0 Å². The number of nitrogens with one attached hydrogen (secondary N) is 1. The van der Waals surface area contributed by atoms with Crippen molar-refractivity contribution in [2.75, 3.05) is 36.5 Å². The van der Waals surface area contributed by atoms with Crippen molar-refractivity contribution in [1.82, 2.24) is 9.97 Å². The number of aromatic nitrogens is 2. The van der Waals surface area contributed by atoms with Crippen LogP contribution in [0, 0.1) is 5.82 Å². The monoisotopic (exact) mass is 598 g/mol. The summed E-state index contributed by atoms with van der Waals surface area (Å²) in [5.74, 6) is -1.87. The molecule has 0 atom stereocenters. The van der Waals surface area contributed by atoms with Crippen molar-refractivity contribution in [2.45, 2.75) is 6.54 Å². The molecule has 188 valence electrons. The number of phenolic OH excluding ortho intramolecular Hbond substituents is 2. The summed E-state index contributed by atoms with van der Waals surface area (Å²) in [5, 5.41) is 30.8. The number of halogens is 4. The third kappa shape index (κ3) is 5.84. The molecule has 10 nitrogen and oxygen atoms in total. The van der Waals surface area contributed by atoms with Gasteiger partial charge in [-0.3, -0.25) is 4.79 Å². The molecule has 1 aromatic heterocycles. The summed E-state index contributed by atoms with van der Waals surface area (Å²) in [5.41, 5.74) is 0.301. The Bertz CT molecular complexity index is 1340. The van der Waals surface area contributed by atoms with Crippen molar-refractivity contribution in [3.8, 4) is 11.5 Å². The Morgan fingerprint density at radius 1 is 1.22 bits per heavy atom. The zero-order valence-electron chi connectivity index (χ0n) is 18.4. The van der Waals surface area contributed by atoms with E-state index in [1.54, 1.807) is 4.90 Å². The second-order valence-electron chi connectivity index (χ2n) is 7.51. The molecule has 1 saturated heterocycles. The number of hydrogen-bond acceptors (Lipinski definition) is 9. The Kier molecular flexibility index (Phi) is 8.19. The number of anilines is 2. The quantitative estimate of drug-likeness (QED) is 0.253. The third-order valence-electron chi connectivity index (χ3n) is 5.15. The highest BCUT2D eigenvalue weighted by atomic mass is 79.9. The van der Waals surface area contributed by atoms with Gasteiger partial charge < -0.3 is 25.2 Å². The van der Waals surface area contributed by atoms with Gasteiger partial charge in [0.1, 0.15) is 5.75 Å². The highest BCUT2D eigenvalue weighted by molar-refractivity contribution is 9.10. The molecule has 3 N–H and O–H groups in total. The van der Waals surface area contributed by atoms with E-state index in [0.29, 0.717) is 30.8 Å². The summed E-state index contributed by atoms with van der Waals surface area (Å²) in [6, 6.07) is 5.77. The lowest BCUT2D eigenvalue weighted by Gasteiger charge is -2.27. The van der Waals surface area contributed by atoms with E-state index in [4.69, 9.17) is 27.9 Å². The molecule has 0 unspecified atom stereocenters. The summed E-state index contributed by atoms with van der Waals surface area (Å²) in [4.78, 5) is 22.4. The summed E-state index contributed by atoms with van der Waals surface area (Å²) in [7, 11) is 0. The fourth-order valence-corrected chi connectivity index (χ4v) is 4.41. The van der Waals surface area contributed by atoms with Gasteiger partial charge in [0.15, 0.2) is 17.4 Å². The molecule has 2 heterocycles. The lowest BCUT2D eigenvalue weighted by molar-refractivity contribution is 0.102. The SMILES string of the molecule is O=C(Nc1cc(Br)cc(Cl)c1O)c1ccc(CN=Nc2ncc(F)c(N3CCOCC3)n2)c(O)c1Cl. The zero-order valence-corrected chi connectivity index (χ0v) is 21.5. The number of aromatic hydroxyl groups is 2. The summed E-state index contributed by atoms with van der Waals surface area (Å²) in [6.45, 7) is 1.80. The maximum Gasteiger partial charge on any atom is 0.270 e. The molecular formula is C22H18BrCl2FN6O4. The van der Waals surface area contributed by atoms with Gasteiger partial charge in [0, 0.05) is 23.1 Å². The van der Waals surface area contributed by atoms with Crippen molar-refractivity contribution in [3.05, 3.63) is 61.9 Å². The highest BCUT2D eigenvalue weighted by Crippen LogP contribution is 2.37. The smallest absolute Gasteiger partial charge is 0.270 e. The second-order valence-corrected chi connectivity index (χ2v) is 9.21. The molecule has 0 aliphatic carbocycles. The fourth-order valence-electron chi connectivity index (χ4n) is 3.33. The number of azo groups is 1. The number of carbonyl (C=O) groups excluding carboxylic acids is 1. The number of hydrogen-bond donors (Lipinski definition) is 3. The van der Waals surface area contributed by atoms with Gasteiger partial charge in [-0.25, -0.2) is 9.37 Å². The van der Waals surface area contributed by atoms with E-state index in [9.17, 15) is 19.4 Å². The van der Waals surface area contributed by atoms with E-state index in [1.807, 2.05) is 0 Å². The highest BCUT2D eigenvalue weighted by Gasteiger charge is 2.20. The Morgan fingerprint density at radius 3 is 2.72 bits per heavy atom. The molecule has 1 aliphatic rings. The Hall–Kier alpha value is -3.06. The van der Waals surface area contributed by atoms with Gasteiger partial charge in [-0.15, -0.1) is 5.11 Å². The third-order valence-corrected chi connectivity index (χ3v) is 6.27. The minimum absolute atomic E-state index is 0.0385. The van der Waals surface area contributed by atoms with Crippen LogP contribution in [0.2, 0.25) is 10.0 Å². The maximum atomic E-state index is 14.2. The number of amides is 1. The van der Waals surface area contributed by atoms with Gasteiger partial charge in [-0.05, 0) is 18.2 Å². The minimum atomic E-state index is -0.678. The Labute approximate surface area is 222 Å². The topological polar surface area (TPSA) is 133 Å². The van der Waals surface area contributed by atoms with Crippen molar-refractivity contribution in [1.29, 1.82) is 0 Å². The van der Waals surface area contributed by atoms with Crippen molar-refractivity contribution >= 4 is 62.5 Å². The predicted molar refractivity (Wildman–Crippen MR) is 135 cm³/mol. The van der Waals surface area contributed by atoms with E-state index in [-0.39, 0.29) is 56.7 Å². The molecule has 0 bridgehead atoms. The van der Waals surface area contributed by atoms with E-state index in [2.05, 4.69) is 41.4 Å². The number of morpholine rings is 1. The maximum absolute atomic E-state index is 14.2. The van der Waals surface area contributed by atoms with Crippen LogP contribution >= 0.6 is 39.1 Å². The van der Waals surface area contributed by atoms with E-state index in [0.717, 1.165) is 6.20 Å². The van der Waals surface area contributed by atoms with Crippen LogP contribution in [0.25, 0.3) is 0 Å². The largest absolute Gasteiger partial charge is 0.506 e. The lowest BCUT2D eigenvalue weighted by atomic mass is 10.1. The van der Waals surface area contributed by atoms with Crippen LogP contribution in [-0.4, -0.2) is 52.4 Å². The first kappa shape index (κ1) is 26.0. The molecule has 1 fully saturated rings. The van der Waals surface area contributed by atoms with Crippen molar-refractivity contribution in [2.24, 2.45) is 10.2 Å². The average molecular weight is 600 g/mol. The number of rotatable bonds is 6. The fraction of sp³-hybridized carbons (Fsp3) is 0.227. The van der Waals surface area contributed by atoms with Crippen LogP contribution in [0.1, 0.15) is 15.9 Å². The van der Waals surface area contributed by atoms with Gasteiger partial charge in [-0.1, -0.05) is 45.2 Å². The van der Waals surface area contributed by atoms with Gasteiger partial charge in [-0.2, -0.15) is 10.1 Å². The van der Waals surface area contributed by atoms with Gasteiger partial charge in [0.25, 0.3) is 11.9 Å². The first-order valence-corrected chi connectivity index (χ1v) is 12.0. The molecule has 36 heavy (non-hydrogen) atoms. The molecule has 1 amide bonds. The summed E-state index contributed by atoms with van der Waals surface area (Å²) < 4.78 is 20.0. The molecule has 1 aliphatic heterocycles. The first-order valence-electron chi connectivity index (χ1n) is 10.5. The predicted octanol–water partition coefficient (Wildman–Crippen LogP) is 5.47. The van der Waals surface area contributed by atoms with Gasteiger partial charge in [0.05, 0.1) is 47.3 Å². The standard InChI is InChI=1S/C22H18BrCl2FN6O4/c23-12-7-14(24)19(34)16(8-12)29-21(35)13-2-1-11(18(33)17(13)25)9-28-31-22-27-10-15(26)20(30-22)32-3-5-36-6-4-32/h1-2,7-8,10,33-34H,3-6,9H2,(H,29,35). The second kappa shape index (κ2) is 11.3. The number of phenols is 2. The molecule has 14 heteroatoms. The van der Waals surface area contributed by atoms with Gasteiger partial charge >= 0.3 is 0 Å². The molecule has 3 aromatic rings. The Balaban J connectivity index is 1.47. The number of benzene rings is 2. The summed E-state index contributed by atoms with van der Waals surface area (Å²) >= 11 is 15.4. The average Bonchev–Trinajstić information content (AvgIpc) is 2.86. The minimum Gasteiger partial charge on any atom is -0.506 e. The molecule has 0 spiro atoms. The van der Waals surface area contributed by atoms with Crippen molar-refractivity contribution < 1.29 is 24.1 Å². The van der Waals surface area contributed by atoms with E-state index < -0.39 is 11.7 Å². The van der Waals surface area contributed by atoms with Crippen molar-refractivity contribution in [3.63, 3.8) is 0 Å². The molecule has 0 saturated carbocycles. The van der Waals surface area contributed by atoms with Crippen LogP contribution in [0.15, 0.2) is 45.2 Å². The zero-order chi connectivity index (χ0) is 25.8. The van der Waals surface area contributed by atoms with Crippen LogP contribution in [-0.2, 0) is 11.3 Å². The van der Waals surface area contributed by atoms with Gasteiger partial charge in [0.2, 0.25) is 0 Å². The number of ether oxygens (including phenoxy) is 1. The lowest BCUT2D eigenvalue weighted by Crippen LogP contribution is -2.37. The van der Waals surface area contributed by atoms with E-state index in [1.165, 1.54) is 24.3 Å². The summed E-state index contributed by atoms with van der Waals surface area (Å²) in [6.07, 6.45) is 1.02.